The van der Waals surface area contributed by atoms with Gasteiger partial charge in [0.1, 0.15) is 21.7 Å². The van der Waals surface area contributed by atoms with Crippen LogP contribution in [0.25, 0.3) is 0 Å². The first-order valence-corrected chi connectivity index (χ1v) is 34.8. The van der Waals surface area contributed by atoms with Gasteiger partial charge >= 0.3 is 0 Å². The van der Waals surface area contributed by atoms with Crippen LogP contribution in [-0.4, -0.2) is 81.8 Å². The van der Waals surface area contributed by atoms with E-state index in [-0.39, 0.29) is 10.9 Å². The summed E-state index contributed by atoms with van der Waals surface area (Å²) in [7, 11) is 8.99. The maximum Gasteiger partial charge on any atom is 0.144 e. The summed E-state index contributed by atoms with van der Waals surface area (Å²) in [5.74, 6) is 4.55. The maximum atomic E-state index is 6.78. The lowest BCUT2D eigenvalue weighted by Gasteiger charge is -2.34. The number of rotatable bonds is 51. The molecule has 66 heavy (non-hydrogen) atoms. The SMILES string of the molecule is CC(C)CCCCCOC(CC([SiH3])(OCCCCCC(C)C)OCCCCCC(C)C)SSSSC(CC([SiH3])(OCCCCCC(C)C)OCCCCCC(C)C)OCCCCCC(C)C. The van der Waals surface area contributed by atoms with Crippen molar-refractivity contribution in [2.24, 2.45) is 35.5 Å². The molecule has 0 aliphatic rings. The molecule has 0 N–H and O–H groups in total. The molecular weight excluding hydrogens is 929 g/mol. The molecule has 2 unspecified atom stereocenters. The van der Waals surface area contributed by atoms with E-state index in [9.17, 15) is 0 Å². The number of unbranched alkanes of at least 4 members (excludes halogenated alkanes) is 12. The summed E-state index contributed by atoms with van der Waals surface area (Å²) >= 11 is 0. The van der Waals surface area contributed by atoms with Crippen molar-refractivity contribution in [1.82, 2.24) is 0 Å². The van der Waals surface area contributed by atoms with E-state index in [1.54, 1.807) is 0 Å². The summed E-state index contributed by atoms with van der Waals surface area (Å²) in [4.78, 5) is 0. The number of hydrogen-bond donors (Lipinski definition) is 0. The van der Waals surface area contributed by atoms with Crippen LogP contribution in [0.2, 0.25) is 0 Å². The molecule has 0 bridgehead atoms. The van der Waals surface area contributed by atoms with Gasteiger partial charge in [0, 0.05) is 52.5 Å². The van der Waals surface area contributed by atoms with Crippen molar-refractivity contribution in [3.05, 3.63) is 0 Å². The Bertz CT molecular complexity index is 909. The predicted molar refractivity (Wildman–Crippen MR) is 308 cm³/mol. The second kappa shape index (κ2) is 45.2. The zero-order valence-electron chi connectivity index (χ0n) is 46.3. The Morgan fingerprint density at radius 2 is 0.515 bits per heavy atom. The number of ether oxygens (including phenoxy) is 6. The minimum absolute atomic E-state index is 0.0105. The van der Waals surface area contributed by atoms with Crippen molar-refractivity contribution in [3.63, 3.8) is 0 Å². The first-order chi connectivity index (χ1) is 31.4. The third kappa shape index (κ3) is 46.7. The Kier molecular flexibility index (Phi) is 46.3. The van der Waals surface area contributed by atoms with Crippen molar-refractivity contribution in [2.75, 3.05) is 39.6 Å². The van der Waals surface area contributed by atoms with Crippen LogP contribution in [0.3, 0.4) is 0 Å². The quantitative estimate of drug-likeness (QED) is 0.0255. The molecule has 0 amide bonds. The Balaban J connectivity index is 6.00. The molecule has 12 heteroatoms. The van der Waals surface area contributed by atoms with E-state index in [4.69, 9.17) is 28.4 Å². The van der Waals surface area contributed by atoms with Crippen LogP contribution >= 0.6 is 41.2 Å². The van der Waals surface area contributed by atoms with Gasteiger partial charge in [-0.25, -0.2) is 0 Å². The van der Waals surface area contributed by atoms with Gasteiger partial charge in [-0.05, 0) is 115 Å². The zero-order chi connectivity index (χ0) is 49.3. The van der Waals surface area contributed by atoms with Gasteiger partial charge in [-0.3, -0.25) is 0 Å². The first kappa shape index (κ1) is 67.6. The van der Waals surface area contributed by atoms with Crippen LogP contribution in [0.1, 0.15) is 250 Å². The van der Waals surface area contributed by atoms with Crippen molar-refractivity contribution >= 4 is 61.7 Å². The molecule has 0 fully saturated rings. The lowest BCUT2D eigenvalue weighted by atomic mass is 10.1. The van der Waals surface area contributed by atoms with Crippen LogP contribution in [0, 0.1) is 35.5 Å². The Morgan fingerprint density at radius 3 is 0.727 bits per heavy atom. The van der Waals surface area contributed by atoms with Gasteiger partial charge in [0.2, 0.25) is 0 Å². The standard InChI is InChI=1S/C54H114O6S4Si2/c1-45(2)31-19-13-25-37-55-51(43-53(65,57-39-27-15-21-33-47(5)6)58-40-28-16-22-34-48(7)8)61-63-64-62-52(56-38-26-14-20-32-46(3)4)44-54(66,59-41-29-17-23-35-49(9)10)60-42-30-18-24-36-50(11)12/h45-52H,13-44H2,1-12,65-66H3. The van der Waals surface area contributed by atoms with Crippen LogP contribution in [0.15, 0.2) is 0 Å². The lowest BCUT2D eigenvalue weighted by Crippen LogP contribution is -2.41. The molecule has 0 aromatic rings. The van der Waals surface area contributed by atoms with E-state index in [1.165, 1.54) is 116 Å². The normalized spacial score (nSPS) is 13.9. The average molecular weight is 1040 g/mol. The van der Waals surface area contributed by atoms with Crippen LogP contribution in [0.4, 0.5) is 0 Å². The van der Waals surface area contributed by atoms with Gasteiger partial charge in [0.15, 0.2) is 0 Å². The molecule has 6 nitrogen and oxygen atoms in total. The summed E-state index contributed by atoms with van der Waals surface area (Å²) < 4.78 is 40.7. The van der Waals surface area contributed by atoms with Crippen LogP contribution in [0.5, 0.6) is 0 Å². The molecule has 0 aromatic heterocycles. The van der Waals surface area contributed by atoms with E-state index in [0.717, 1.165) is 147 Å². The smallest absolute Gasteiger partial charge is 0.144 e. The fourth-order valence-electron chi connectivity index (χ4n) is 7.86. The summed E-state index contributed by atoms with van der Waals surface area (Å²) in [5, 5.41) is 0. The van der Waals surface area contributed by atoms with Gasteiger partial charge in [-0.15, -0.1) is 0 Å². The predicted octanol–water partition coefficient (Wildman–Crippen LogP) is 16.5. The lowest BCUT2D eigenvalue weighted by molar-refractivity contribution is -0.192. The monoisotopic (exact) mass is 1040 g/mol. The third-order valence-electron chi connectivity index (χ3n) is 12.2. The van der Waals surface area contributed by atoms with E-state index in [0.29, 0.717) is 0 Å². The highest BCUT2D eigenvalue weighted by atomic mass is 33.7. The molecule has 0 aliphatic heterocycles. The molecule has 0 heterocycles. The largest absolute Gasteiger partial charge is 0.367 e. The summed E-state index contributed by atoms with van der Waals surface area (Å²) in [6.45, 7) is 32.5. The van der Waals surface area contributed by atoms with Gasteiger partial charge in [-0.2, -0.15) is 0 Å². The van der Waals surface area contributed by atoms with Crippen molar-refractivity contribution < 1.29 is 28.4 Å². The van der Waals surface area contributed by atoms with E-state index < -0.39 is 10.8 Å². The highest BCUT2D eigenvalue weighted by Gasteiger charge is 2.33. The maximum absolute atomic E-state index is 6.78. The Labute approximate surface area is 434 Å². The highest BCUT2D eigenvalue weighted by Crippen LogP contribution is 2.49. The number of hydrogen-bond acceptors (Lipinski definition) is 10. The molecule has 0 aromatic carbocycles. The average Bonchev–Trinajstić information content (AvgIpc) is 3.23. The van der Waals surface area contributed by atoms with Crippen molar-refractivity contribution in [2.45, 2.75) is 272 Å². The minimum atomic E-state index is -0.546. The van der Waals surface area contributed by atoms with Gasteiger partial charge < -0.3 is 28.4 Å². The second-order valence-corrected chi connectivity index (χ2v) is 31.6. The molecule has 0 aliphatic carbocycles. The highest BCUT2D eigenvalue weighted by molar-refractivity contribution is 9.26. The molecule has 0 saturated carbocycles. The van der Waals surface area contributed by atoms with E-state index in [1.807, 2.05) is 41.2 Å². The fraction of sp³-hybridized carbons (Fsp3) is 1.00. The van der Waals surface area contributed by atoms with Crippen molar-refractivity contribution in [1.29, 1.82) is 0 Å². The molecule has 0 rings (SSSR count). The summed E-state index contributed by atoms with van der Waals surface area (Å²) in [5.41, 5.74) is -1.11. The fourth-order valence-corrected chi connectivity index (χ4v) is 16.6. The minimum Gasteiger partial charge on any atom is -0.367 e. The third-order valence-corrected chi connectivity index (χ3v) is 20.7. The van der Waals surface area contributed by atoms with Crippen LogP contribution in [-0.2, 0) is 28.4 Å². The molecule has 0 spiro atoms. The van der Waals surface area contributed by atoms with Crippen molar-refractivity contribution in [3.8, 4) is 0 Å². The summed E-state index contributed by atoms with van der Waals surface area (Å²) in [6.07, 6.45) is 30.8. The first-order valence-electron chi connectivity index (χ1n) is 27.9. The summed E-state index contributed by atoms with van der Waals surface area (Å²) in [6, 6.07) is 0. The van der Waals surface area contributed by atoms with Crippen LogP contribution < -0.4 is 0 Å². The zero-order valence-corrected chi connectivity index (χ0v) is 53.6. The molecule has 0 radical (unpaired) electrons. The Morgan fingerprint density at radius 1 is 0.303 bits per heavy atom. The molecule has 398 valence electrons. The van der Waals surface area contributed by atoms with Gasteiger partial charge in [0.05, 0.1) is 20.5 Å². The van der Waals surface area contributed by atoms with Gasteiger partial charge in [0.25, 0.3) is 0 Å². The second-order valence-electron chi connectivity index (χ2n) is 22.5. The molecule has 0 saturated heterocycles. The molecule has 2 atom stereocenters. The molecular formula is C54H114O6S4Si2. The topological polar surface area (TPSA) is 55.4 Å². The Hall–Kier alpha value is 1.59. The van der Waals surface area contributed by atoms with E-state index in [2.05, 4.69) is 83.1 Å². The van der Waals surface area contributed by atoms with Gasteiger partial charge in [-0.1, -0.05) is 199 Å². The van der Waals surface area contributed by atoms with E-state index >= 15 is 0 Å².